The van der Waals surface area contributed by atoms with Gasteiger partial charge in [0.1, 0.15) is 16.8 Å². The first-order chi connectivity index (χ1) is 12.2. The number of hydrogen-bond donors (Lipinski definition) is 2. The van der Waals surface area contributed by atoms with Gasteiger partial charge in [0, 0.05) is 16.3 Å². The number of nitrogens with one attached hydrogen (secondary N) is 2. The lowest BCUT2D eigenvalue weighted by molar-refractivity contribution is 0.102. The Kier molecular flexibility index (Phi) is 3.77. The monoisotopic (exact) mass is 344 g/mol. The molecule has 0 aliphatic heterocycles. The number of carbonyl (C=O) groups is 1. The number of hydrogen-bond acceptors (Lipinski definition) is 4. The average molecular weight is 344 g/mol. The number of benzene rings is 2. The van der Waals surface area contributed by atoms with Crippen LogP contribution in [0.15, 0.2) is 60.0 Å². The van der Waals surface area contributed by atoms with Crippen LogP contribution in [0.5, 0.6) is 0 Å². The van der Waals surface area contributed by atoms with Crippen LogP contribution in [-0.2, 0) is 0 Å². The third kappa shape index (κ3) is 2.89. The quantitative estimate of drug-likeness (QED) is 0.577. The van der Waals surface area contributed by atoms with Gasteiger partial charge < -0.3 is 10.3 Å². The number of amides is 1. The van der Waals surface area contributed by atoms with Crippen molar-refractivity contribution < 1.29 is 4.79 Å². The summed E-state index contributed by atoms with van der Waals surface area (Å²) in [7, 11) is 0. The van der Waals surface area contributed by atoms with Crippen molar-refractivity contribution in [2.45, 2.75) is 0 Å². The van der Waals surface area contributed by atoms with Crippen LogP contribution in [0.1, 0.15) is 16.1 Å². The Bertz CT molecular complexity index is 1090. The molecule has 2 N–H and O–H groups in total. The van der Waals surface area contributed by atoms with Gasteiger partial charge in [-0.25, -0.2) is 4.98 Å². The molecule has 0 fully saturated rings. The molecule has 0 atom stereocenters. The maximum absolute atomic E-state index is 12.4. The Morgan fingerprint density at radius 3 is 2.80 bits per heavy atom. The fraction of sp³-hybridized carbons (Fsp3) is 0. The minimum atomic E-state index is -0.332. The molecule has 0 aliphatic carbocycles. The van der Waals surface area contributed by atoms with Crippen molar-refractivity contribution in [3.05, 3.63) is 71.2 Å². The molecule has 0 saturated heterocycles. The van der Waals surface area contributed by atoms with Crippen molar-refractivity contribution in [1.29, 1.82) is 5.26 Å². The molecule has 4 rings (SSSR count). The van der Waals surface area contributed by atoms with E-state index in [2.05, 4.69) is 21.4 Å². The SMILES string of the molecule is N#Cc1ccccc1NC(=O)c1csc(-c2cc3ccccc3[nH]2)n1. The molecule has 120 valence electrons. The van der Waals surface area contributed by atoms with Gasteiger partial charge in [0.15, 0.2) is 0 Å². The molecular weight excluding hydrogens is 332 g/mol. The van der Waals surface area contributed by atoms with E-state index in [0.717, 1.165) is 21.6 Å². The number of thiazole rings is 1. The number of H-pyrrole nitrogens is 1. The largest absolute Gasteiger partial charge is 0.353 e. The number of aromatic amines is 1. The zero-order valence-electron chi connectivity index (χ0n) is 13.0. The molecular formula is C19H12N4OS. The number of para-hydroxylation sites is 2. The van der Waals surface area contributed by atoms with E-state index in [9.17, 15) is 4.79 Å². The van der Waals surface area contributed by atoms with E-state index in [1.54, 1.807) is 29.6 Å². The third-order valence-electron chi connectivity index (χ3n) is 3.79. The lowest BCUT2D eigenvalue weighted by Crippen LogP contribution is -2.13. The molecule has 0 radical (unpaired) electrons. The van der Waals surface area contributed by atoms with E-state index in [1.165, 1.54) is 11.3 Å². The summed E-state index contributed by atoms with van der Waals surface area (Å²) in [4.78, 5) is 20.1. The van der Waals surface area contributed by atoms with Gasteiger partial charge in [0.25, 0.3) is 5.91 Å². The molecule has 25 heavy (non-hydrogen) atoms. The molecule has 1 amide bonds. The van der Waals surface area contributed by atoms with Gasteiger partial charge in [-0.3, -0.25) is 4.79 Å². The number of rotatable bonds is 3. The Labute approximate surface area is 147 Å². The second-order valence-electron chi connectivity index (χ2n) is 5.42. The summed E-state index contributed by atoms with van der Waals surface area (Å²) in [6.45, 7) is 0. The highest BCUT2D eigenvalue weighted by molar-refractivity contribution is 7.13. The summed E-state index contributed by atoms with van der Waals surface area (Å²) >= 11 is 1.40. The molecule has 6 heteroatoms. The highest BCUT2D eigenvalue weighted by Gasteiger charge is 2.14. The summed E-state index contributed by atoms with van der Waals surface area (Å²) in [6.07, 6.45) is 0. The normalized spacial score (nSPS) is 10.5. The molecule has 2 aromatic heterocycles. The molecule has 4 aromatic rings. The Morgan fingerprint density at radius 2 is 1.96 bits per heavy atom. The van der Waals surface area contributed by atoms with E-state index in [1.807, 2.05) is 30.3 Å². The zero-order valence-corrected chi connectivity index (χ0v) is 13.8. The van der Waals surface area contributed by atoms with Gasteiger partial charge in [-0.05, 0) is 24.3 Å². The van der Waals surface area contributed by atoms with Gasteiger partial charge in [-0.2, -0.15) is 5.26 Å². The zero-order chi connectivity index (χ0) is 17.2. The summed E-state index contributed by atoms with van der Waals surface area (Å²) in [6, 6.07) is 18.9. The van der Waals surface area contributed by atoms with E-state index in [0.29, 0.717) is 16.9 Å². The maximum Gasteiger partial charge on any atom is 0.275 e. The predicted octanol–water partition coefficient (Wildman–Crippen LogP) is 4.42. The standard InChI is InChI=1S/C19H12N4OS/c20-10-13-6-2-4-8-15(13)22-18(24)17-11-25-19(23-17)16-9-12-5-1-3-7-14(12)21-16/h1-9,11,21H,(H,22,24). The van der Waals surface area contributed by atoms with Crippen LogP contribution in [0.25, 0.3) is 21.6 Å². The summed E-state index contributed by atoms with van der Waals surface area (Å²) < 4.78 is 0. The first-order valence-corrected chi connectivity index (χ1v) is 8.47. The van der Waals surface area contributed by atoms with E-state index in [4.69, 9.17) is 5.26 Å². The van der Waals surface area contributed by atoms with Crippen molar-refractivity contribution in [3.8, 4) is 16.8 Å². The fourth-order valence-electron chi connectivity index (χ4n) is 2.57. The van der Waals surface area contributed by atoms with Gasteiger partial charge >= 0.3 is 0 Å². The highest BCUT2D eigenvalue weighted by Crippen LogP contribution is 2.27. The summed E-state index contributed by atoms with van der Waals surface area (Å²) in [5.74, 6) is -0.332. The lowest BCUT2D eigenvalue weighted by Gasteiger charge is -2.04. The Balaban J connectivity index is 1.60. The van der Waals surface area contributed by atoms with Crippen molar-refractivity contribution in [2.75, 3.05) is 5.32 Å². The van der Waals surface area contributed by atoms with Gasteiger partial charge in [-0.15, -0.1) is 11.3 Å². The van der Waals surface area contributed by atoms with Gasteiger partial charge in [0.05, 0.1) is 16.9 Å². The number of fused-ring (bicyclic) bond motifs is 1. The number of anilines is 1. The highest BCUT2D eigenvalue weighted by atomic mass is 32.1. The molecule has 0 saturated carbocycles. The van der Waals surface area contributed by atoms with E-state index < -0.39 is 0 Å². The van der Waals surface area contributed by atoms with Crippen molar-refractivity contribution >= 4 is 33.8 Å². The Morgan fingerprint density at radius 1 is 1.16 bits per heavy atom. The third-order valence-corrected chi connectivity index (χ3v) is 4.67. The smallest absolute Gasteiger partial charge is 0.275 e. The first-order valence-electron chi connectivity index (χ1n) is 7.59. The number of aromatic nitrogens is 2. The van der Waals surface area contributed by atoms with Crippen LogP contribution < -0.4 is 5.32 Å². The molecule has 2 heterocycles. The second kappa shape index (κ2) is 6.23. The number of nitriles is 1. The maximum atomic E-state index is 12.4. The molecule has 5 nitrogen and oxygen atoms in total. The minimum absolute atomic E-state index is 0.325. The van der Waals surface area contributed by atoms with Crippen LogP contribution in [0, 0.1) is 11.3 Å². The number of nitrogens with zero attached hydrogens (tertiary/aromatic N) is 2. The molecule has 0 unspecified atom stereocenters. The van der Waals surface area contributed by atoms with Crippen LogP contribution >= 0.6 is 11.3 Å². The lowest BCUT2D eigenvalue weighted by atomic mass is 10.2. The topological polar surface area (TPSA) is 81.6 Å². The first kappa shape index (κ1) is 15.1. The predicted molar refractivity (Wildman–Crippen MR) is 98.5 cm³/mol. The molecule has 2 aromatic carbocycles. The van der Waals surface area contributed by atoms with Crippen molar-refractivity contribution in [2.24, 2.45) is 0 Å². The number of carbonyl (C=O) groups excluding carboxylic acids is 1. The fourth-order valence-corrected chi connectivity index (χ4v) is 3.34. The van der Waals surface area contributed by atoms with Gasteiger partial charge in [-0.1, -0.05) is 30.3 Å². The summed E-state index contributed by atoms with van der Waals surface area (Å²) in [5.41, 5.74) is 3.13. The van der Waals surface area contributed by atoms with Gasteiger partial charge in [0.2, 0.25) is 0 Å². The van der Waals surface area contributed by atoms with Crippen LogP contribution in [0.4, 0.5) is 5.69 Å². The van der Waals surface area contributed by atoms with Crippen LogP contribution in [-0.4, -0.2) is 15.9 Å². The minimum Gasteiger partial charge on any atom is -0.353 e. The van der Waals surface area contributed by atoms with Crippen molar-refractivity contribution in [1.82, 2.24) is 9.97 Å². The van der Waals surface area contributed by atoms with Crippen LogP contribution in [0.2, 0.25) is 0 Å². The van der Waals surface area contributed by atoms with Crippen LogP contribution in [0.3, 0.4) is 0 Å². The molecule has 0 spiro atoms. The Hall–Kier alpha value is -3.43. The molecule has 0 aliphatic rings. The van der Waals surface area contributed by atoms with E-state index >= 15 is 0 Å². The van der Waals surface area contributed by atoms with E-state index in [-0.39, 0.29) is 5.91 Å². The second-order valence-corrected chi connectivity index (χ2v) is 6.28. The molecule has 0 bridgehead atoms. The summed E-state index contributed by atoms with van der Waals surface area (Å²) in [5, 5.41) is 15.4. The average Bonchev–Trinajstić information content (AvgIpc) is 3.29. The van der Waals surface area contributed by atoms with Crippen molar-refractivity contribution in [3.63, 3.8) is 0 Å².